The molecule has 1 atom stereocenters. The Labute approximate surface area is 103 Å². The van der Waals surface area contributed by atoms with Gasteiger partial charge in [0.15, 0.2) is 0 Å². The zero-order chi connectivity index (χ0) is 13.1. The summed E-state index contributed by atoms with van der Waals surface area (Å²) in [7, 11) is 0. The number of aliphatic carboxylic acids is 1. The van der Waals surface area contributed by atoms with Crippen LogP contribution in [-0.4, -0.2) is 35.0 Å². The Morgan fingerprint density at radius 2 is 2.06 bits per heavy atom. The van der Waals surface area contributed by atoms with Gasteiger partial charge >= 0.3 is 5.97 Å². The van der Waals surface area contributed by atoms with Crippen LogP contribution in [-0.2, 0) is 9.59 Å². The molecule has 1 N–H and O–H groups in total. The average Bonchev–Trinajstić information content (AvgIpc) is 2.73. The second-order valence-corrected chi connectivity index (χ2v) is 5.58. The lowest BCUT2D eigenvalue weighted by atomic mass is 9.88. The first-order chi connectivity index (χ1) is 7.86. The number of nitrogens with zero attached hydrogens (tertiary/aromatic N) is 1. The topological polar surface area (TPSA) is 57.6 Å². The predicted octanol–water partition coefficient (Wildman–Crippen LogP) is 2.14. The van der Waals surface area contributed by atoms with Crippen molar-refractivity contribution in [3.05, 3.63) is 0 Å². The maximum atomic E-state index is 12.2. The zero-order valence-electron chi connectivity index (χ0n) is 11.0. The molecule has 1 fully saturated rings. The number of carbonyl (C=O) groups excluding carboxylic acids is 1. The van der Waals surface area contributed by atoms with Crippen molar-refractivity contribution in [1.29, 1.82) is 0 Å². The average molecular weight is 241 g/mol. The highest BCUT2D eigenvalue weighted by molar-refractivity contribution is 5.82. The van der Waals surface area contributed by atoms with Crippen LogP contribution < -0.4 is 0 Å². The number of rotatable bonds is 5. The van der Waals surface area contributed by atoms with Gasteiger partial charge in [-0.3, -0.25) is 9.59 Å². The summed E-state index contributed by atoms with van der Waals surface area (Å²) in [5.74, 6) is -0.177. The zero-order valence-corrected chi connectivity index (χ0v) is 11.0. The fourth-order valence-corrected chi connectivity index (χ4v) is 2.16. The van der Waals surface area contributed by atoms with Crippen molar-refractivity contribution in [3.8, 4) is 0 Å². The minimum Gasteiger partial charge on any atom is -0.481 e. The quantitative estimate of drug-likeness (QED) is 0.802. The van der Waals surface area contributed by atoms with Crippen LogP contribution in [0.1, 0.15) is 46.5 Å². The molecule has 1 rings (SSSR count). The Morgan fingerprint density at radius 1 is 1.41 bits per heavy atom. The molecule has 17 heavy (non-hydrogen) atoms. The van der Waals surface area contributed by atoms with Crippen molar-refractivity contribution in [2.24, 2.45) is 11.3 Å². The highest BCUT2D eigenvalue weighted by Gasteiger charge is 2.34. The highest BCUT2D eigenvalue weighted by atomic mass is 16.4. The van der Waals surface area contributed by atoms with E-state index < -0.39 is 5.97 Å². The first kappa shape index (κ1) is 14.0. The molecule has 0 aliphatic carbocycles. The molecule has 0 aromatic rings. The molecule has 0 radical (unpaired) electrons. The molecule has 98 valence electrons. The van der Waals surface area contributed by atoms with E-state index >= 15 is 0 Å². The van der Waals surface area contributed by atoms with E-state index in [1.165, 1.54) is 0 Å². The smallest absolute Gasteiger partial charge is 0.303 e. The number of hydrogen-bond acceptors (Lipinski definition) is 2. The van der Waals surface area contributed by atoms with Gasteiger partial charge in [0.25, 0.3) is 0 Å². The van der Waals surface area contributed by atoms with Crippen LogP contribution >= 0.6 is 0 Å². The molecule has 0 bridgehead atoms. The summed E-state index contributed by atoms with van der Waals surface area (Å²) in [5.41, 5.74) is -0.290. The van der Waals surface area contributed by atoms with Gasteiger partial charge in [-0.15, -0.1) is 0 Å². The van der Waals surface area contributed by atoms with Crippen LogP contribution in [0.3, 0.4) is 0 Å². The molecule has 1 heterocycles. The summed E-state index contributed by atoms with van der Waals surface area (Å²) < 4.78 is 0. The van der Waals surface area contributed by atoms with Crippen molar-refractivity contribution < 1.29 is 14.7 Å². The molecular formula is C13H23NO3. The Morgan fingerprint density at radius 3 is 2.59 bits per heavy atom. The number of amides is 1. The van der Waals surface area contributed by atoms with Gasteiger partial charge in [-0.25, -0.2) is 0 Å². The van der Waals surface area contributed by atoms with Gasteiger partial charge in [-0.2, -0.15) is 0 Å². The van der Waals surface area contributed by atoms with E-state index in [-0.39, 0.29) is 17.7 Å². The molecule has 0 aromatic heterocycles. The van der Waals surface area contributed by atoms with Crippen LogP contribution in [0.2, 0.25) is 0 Å². The van der Waals surface area contributed by atoms with E-state index in [1.54, 1.807) is 0 Å². The number of likely N-dealkylation sites (tertiary alicyclic amines) is 1. The molecule has 1 amide bonds. The molecule has 4 nitrogen and oxygen atoms in total. The minimum absolute atomic E-state index is 0.206. The van der Waals surface area contributed by atoms with Crippen LogP contribution in [0.5, 0.6) is 0 Å². The predicted molar refractivity (Wildman–Crippen MR) is 65.6 cm³/mol. The monoisotopic (exact) mass is 241 g/mol. The third-order valence-corrected chi connectivity index (χ3v) is 3.80. The normalized spacial score (nSPS) is 20.6. The SMILES string of the molecule is CCC(C)(C)C(=O)N1CCC(CCC(=O)O)C1. The van der Waals surface area contributed by atoms with Gasteiger partial charge in [0, 0.05) is 24.9 Å². The van der Waals surface area contributed by atoms with Crippen LogP contribution in [0, 0.1) is 11.3 Å². The summed E-state index contributed by atoms with van der Waals surface area (Å²) in [6.45, 7) is 7.48. The second kappa shape index (κ2) is 5.52. The maximum Gasteiger partial charge on any atom is 0.303 e. The molecule has 0 saturated carbocycles. The molecular weight excluding hydrogens is 218 g/mol. The summed E-state index contributed by atoms with van der Waals surface area (Å²) in [6, 6.07) is 0. The van der Waals surface area contributed by atoms with Gasteiger partial charge in [-0.05, 0) is 25.2 Å². The van der Waals surface area contributed by atoms with Crippen molar-refractivity contribution in [2.45, 2.75) is 46.5 Å². The molecule has 0 aromatic carbocycles. The second-order valence-electron chi connectivity index (χ2n) is 5.58. The first-order valence-corrected chi connectivity index (χ1v) is 6.38. The van der Waals surface area contributed by atoms with Gasteiger partial charge in [0.1, 0.15) is 0 Å². The van der Waals surface area contributed by atoms with Crippen molar-refractivity contribution in [3.63, 3.8) is 0 Å². The third-order valence-electron chi connectivity index (χ3n) is 3.80. The lowest BCUT2D eigenvalue weighted by molar-refractivity contribution is -0.139. The number of carbonyl (C=O) groups is 2. The number of carboxylic acid groups (broad SMARTS) is 1. The summed E-state index contributed by atoms with van der Waals surface area (Å²) >= 11 is 0. The standard InChI is InChI=1S/C13H23NO3/c1-4-13(2,3)12(17)14-8-7-10(9-14)5-6-11(15)16/h10H,4-9H2,1-3H3,(H,15,16). The van der Waals surface area contributed by atoms with E-state index in [1.807, 2.05) is 25.7 Å². The summed E-state index contributed by atoms with van der Waals surface area (Å²) in [4.78, 5) is 24.6. The molecule has 1 saturated heterocycles. The van der Waals surface area contributed by atoms with Crippen molar-refractivity contribution >= 4 is 11.9 Å². The molecule has 4 heteroatoms. The lowest BCUT2D eigenvalue weighted by Crippen LogP contribution is -2.39. The minimum atomic E-state index is -0.747. The van der Waals surface area contributed by atoms with Crippen LogP contribution in [0.4, 0.5) is 0 Å². The summed E-state index contributed by atoms with van der Waals surface area (Å²) in [5, 5.41) is 8.64. The summed E-state index contributed by atoms with van der Waals surface area (Å²) in [6.07, 6.45) is 2.68. The third kappa shape index (κ3) is 3.72. The molecule has 0 spiro atoms. The van der Waals surface area contributed by atoms with E-state index in [0.29, 0.717) is 12.3 Å². The fraction of sp³-hybridized carbons (Fsp3) is 0.846. The van der Waals surface area contributed by atoms with Gasteiger partial charge in [0.05, 0.1) is 0 Å². The number of hydrogen-bond donors (Lipinski definition) is 1. The lowest BCUT2D eigenvalue weighted by Gasteiger charge is -2.28. The van der Waals surface area contributed by atoms with E-state index in [2.05, 4.69) is 0 Å². The molecule has 1 unspecified atom stereocenters. The van der Waals surface area contributed by atoms with Crippen LogP contribution in [0.15, 0.2) is 0 Å². The van der Waals surface area contributed by atoms with Crippen LogP contribution in [0.25, 0.3) is 0 Å². The highest BCUT2D eigenvalue weighted by Crippen LogP contribution is 2.28. The Hall–Kier alpha value is -1.06. The van der Waals surface area contributed by atoms with E-state index in [4.69, 9.17) is 5.11 Å². The van der Waals surface area contributed by atoms with Crippen molar-refractivity contribution in [1.82, 2.24) is 4.90 Å². The Balaban J connectivity index is 2.45. The molecule has 1 aliphatic rings. The Kier molecular flexibility index (Phi) is 4.54. The van der Waals surface area contributed by atoms with Gasteiger partial charge in [-0.1, -0.05) is 20.8 Å². The van der Waals surface area contributed by atoms with E-state index in [9.17, 15) is 9.59 Å². The first-order valence-electron chi connectivity index (χ1n) is 6.38. The molecule has 1 aliphatic heterocycles. The fourth-order valence-electron chi connectivity index (χ4n) is 2.16. The number of carboxylic acids is 1. The van der Waals surface area contributed by atoms with Gasteiger partial charge in [0.2, 0.25) is 5.91 Å². The van der Waals surface area contributed by atoms with Gasteiger partial charge < -0.3 is 10.0 Å². The van der Waals surface area contributed by atoms with Crippen molar-refractivity contribution in [2.75, 3.05) is 13.1 Å². The largest absolute Gasteiger partial charge is 0.481 e. The maximum absolute atomic E-state index is 12.2. The Bertz CT molecular complexity index is 299. The van der Waals surface area contributed by atoms with E-state index in [0.717, 1.165) is 25.9 Å².